The second-order valence-electron chi connectivity index (χ2n) is 6.29. The molecule has 24 heavy (non-hydrogen) atoms. The van der Waals surface area contributed by atoms with Gasteiger partial charge in [0.05, 0.1) is 11.4 Å². The fourth-order valence-corrected chi connectivity index (χ4v) is 4.12. The van der Waals surface area contributed by atoms with Crippen molar-refractivity contribution in [3.63, 3.8) is 0 Å². The van der Waals surface area contributed by atoms with E-state index in [-0.39, 0.29) is 18.0 Å². The molecule has 1 N–H and O–H groups in total. The number of nitrogens with zero attached hydrogens (tertiary/aromatic N) is 1. The molecule has 0 amide bonds. The third kappa shape index (κ3) is 4.70. The van der Waals surface area contributed by atoms with Gasteiger partial charge in [-0.2, -0.15) is 4.31 Å². The van der Waals surface area contributed by atoms with Gasteiger partial charge in [-0.05, 0) is 44.7 Å². The van der Waals surface area contributed by atoms with E-state index < -0.39 is 15.6 Å². The first-order valence-electron chi connectivity index (χ1n) is 8.27. The van der Waals surface area contributed by atoms with Gasteiger partial charge >= 0.3 is 0 Å². The largest absolute Gasteiger partial charge is 0.378 e. The van der Waals surface area contributed by atoms with Crippen molar-refractivity contribution in [2.24, 2.45) is 0 Å². The van der Waals surface area contributed by atoms with Crippen LogP contribution >= 0.6 is 0 Å². The van der Waals surface area contributed by atoms with Gasteiger partial charge in [0.1, 0.15) is 5.60 Å². The maximum absolute atomic E-state index is 12.7. The zero-order valence-corrected chi connectivity index (χ0v) is 15.0. The van der Waals surface area contributed by atoms with Crippen LogP contribution in [0, 0.1) is 18.8 Å². The zero-order valence-electron chi connectivity index (χ0n) is 14.2. The fraction of sp³-hybridized carbons (Fsp3) is 0.474. The van der Waals surface area contributed by atoms with Gasteiger partial charge in [0, 0.05) is 6.54 Å². The van der Waals surface area contributed by atoms with E-state index >= 15 is 0 Å². The summed E-state index contributed by atoms with van der Waals surface area (Å²) < 4.78 is 26.8. The Morgan fingerprint density at radius 2 is 1.88 bits per heavy atom. The van der Waals surface area contributed by atoms with Crippen molar-refractivity contribution in [2.75, 3.05) is 13.1 Å². The monoisotopic (exact) mass is 347 g/mol. The SMILES string of the molecule is C=CCN(CC#CC1(O)CCCCC1)S(=O)(=O)c1ccc(C)cc1. The Bertz CT molecular complexity index is 720. The van der Waals surface area contributed by atoms with E-state index in [4.69, 9.17) is 0 Å². The van der Waals surface area contributed by atoms with E-state index in [2.05, 4.69) is 18.4 Å². The minimum Gasteiger partial charge on any atom is -0.378 e. The van der Waals surface area contributed by atoms with E-state index in [0.29, 0.717) is 12.8 Å². The number of aryl methyl sites for hydroxylation is 1. The molecule has 0 atom stereocenters. The maximum atomic E-state index is 12.7. The van der Waals surface area contributed by atoms with Crippen LogP contribution in [0.1, 0.15) is 37.7 Å². The number of aliphatic hydroxyl groups is 1. The van der Waals surface area contributed by atoms with Crippen LogP contribution in [0.3, 0.4) is 0 Å². The first kappa shape index (κ1) is 18.7. The van der Waals surface area contributed by atoms with E-state index in [1.807, 2.05) is 6.92 Å². The van der Waals surface area contributed by atoms with Gasteiger partial charge in [0.15, 0.2) is 0 Å². The molecule has 0 aromatic heterocycles. The first-order chi connectivity index (χ1) is 11.4. The van der Waals surface area contributed by atoms with Crippen LogP contribution in [0.5, 0.6) is 0 Å². The first-order valence-corrected chi connectivity index (χ1v) is 9.71. The molecule has 1 aromatic carbocycles. The summed E-state index contributed by atoms with van der Waals surface area (Å²) >= 11 is 0. The Balaban J connectivity index is 2.17. The van der Waals surface area contributed by atoms with Gasteiger partial charge in [-0.1, -0.05) is 42.0 Å². The molecule has 1 aromatic rings. The Morgan fingerprint density at radius 3 is 2.46 bits per heavy atom. The summed E-state index contributed by atoms with van der Waals surface area (Å²) in [7, 11) is -3.62. The summed E-state index contributed by atoms with van der Waals surface area (Å²) in [5.74, 6) is 5.75. The van der Waals surface area contributed by atoms with Crippen LogP contribution in [0.2, 0.25) is 0 Å². The standard InChI is InChI=1S/C19H25NO3S/c1-3-15-20(16-7-14-19(21)12-5-4-6-13-19)24(22,23)18-10-8-17(2)9-11-18/h3,8-11,21H,1,4-6,12-13,15-16H2,2H3. The molecule has 0 unspecified atom stereocenters. The Kier molecular flexibility index (Phi) is 6.22. The minimum absolute atomic E-state index is 0.0462. The number of sulfonamides is 1. The summed E-state index contributed by atoms with van der Waals surface area (Å²) in [5, 5.41) is 10.4. The third-order valence-electron chi connectivity index (χ3n) is 4.25. The lowest BCUT2D eigenvalue weighted by Gasteiger charge is -2.26. The minimum atomic E-state index is -3.62. The van der Waals surface area contributed by atoms with Crippen molar-refractivity contribution in [1.82, 2.24) is 4.31 Å². The van der Waals surface area contributed by atoms with Gasteiger partial charge in [-0.15, -0.1) is 6.58 Å². The van der Waals surface area contributed by atoms with Gasteiger partial charge in [0.2, 0.25) is 10.0 Å². The van der Waals surface area contributed by atoms with Crippen molar-refractivity contribution < 1.29 is 13.5 Å². The van der Waals surface area contributed by atoms with Crippen molar-refractivity contribution in [3.8, 4) is 11.8 Å². The average Bonchev–Trinajstić information content (AvgIpc) is 2.55. The maximum Gasteiger partial charge on any atom is 0.244 e. The molecule has 1 fully saturated rings. The molecule has 0 heterocycles. The van der Waals surface area contributed by atoms with Crippen molar-refractivity contribution in [2.45, 2.75) is 49.5 Å². The van der Waals surface area contributed by atoms with Crippen LogP contribution in [0.4, 0.5) is 0 Å². The second kappa shape index (κ2) is 7.98. The Morgan fingerprint density at radius 1 is 1.25 bits per heavy atom. The second-order valence-corrected chi connectivity index (χ2v) is 8.23. The van der Waals surface area contributed by atoms with Gasteiger partial charge in [0.25, 0.3) is 0 Å². The lowest BCUT2D eigenvalue weighted by atomic mass is 9.85. The molecule has 1 aliphatic carbocycles. The number of rotatable bonds is 5. The molecule has 1 saturated carbocycles. The molecular formula is C19H25NO3S. The highest BCUT2D eigenvalue weighted by atomic mass is 32.2. The molecule has 0 saturated heterocycles. The Hall–Kier alpha value is -1.61. The predicted octanol–water partition coefficient (Wildman–Crippen LogP) is 2.87. The van der Waals surface area contributed by atoms with Gasteiger partial charge in [-0.3, -0.25) is 0 Å². The summed E-state index contributed by atoms with van der Waals surface area (Å²) in [4.78, 5) is 0.244. The van der Waals surface area contributed by atoms with Gasteiger partial charge < -0.3 is 5.11 Å². The normalized spacial score (nSPS) is 17.1. The molecule has 0 spiro atoms. The van der Waals surface area contributed by atoms with E-state index in [1.54, 1.807) is 30.3 Å². The van der Waals surface area contributed by atoms with Crippen molar-refractivity contribution in [3.05, 3.63) is 42.5 Å². The van der Waals surface area contributed by atoms with Crippen LogP contribution in [0.25, 0.3) is 0 Å². The number of hydrogen-bond donors (Lipinski definition) is 1. The van der Waals surface area contributed by atoms with Crippen LogP contribution in [-0.4, -0.2) is 36.5 Å². The van der Waals surface area contributed by atoms with Crippen molar-refractivity contribution >= 4 is 10.0 Å². The molecule has 4 nitrogen and oxygen atoms in total. The third-order valence-corrected chi connectivity index (χ3v) is 6.07. The van der Waals surface area contributed by atoms with E-state index in [1.165, 1.54) is 4.31 Å². The van der Waals surface area contributed by atoms with Crippen LogP contribution in [0.15, 0.2) is 41.8 Å². The highest BCUT2D eigenvalue weighted by molar-refractivity contribution is 7.89. The summed E-state index contributed by atoms with van der Waals surface area (Å²) in [6.07, 6.45) is 5.90. The number of hydrogen-bond acceptors (Lipinski definition) is 3. The Labute approximate surface area is 145 Å². The topological polar surface area (TPSA) is 57.6 Å². The lowest BCUT2D eigenvalue weighted by Crippen LogP contribution is -2.33. The summed E-state index contributed by atoms with van der Waals surface area (Å²) in [6.45, 7) is 5.77. The fourth-order valence-electron chi connectivity index (χ4n) is 2.80. The molecule has 0 aliphatic heterocycles. The average molecular weight is 347 g/mol. The molecule has 0 bridgehead atoms. The van der Waals surface area contributed by atoms with Crippen LogP contribution in [-0.2, 0) is 10.0 Å². The smallest absolute Gasteiger partial charge is 0.244 e. The van der Waals surface area contributed by atoms with E-state index in [9.17, 15) is 13.5 Å². The summed E-state index contributed by atoms with van der Waals surface area (Å²) in [6, 6.07) is 6.75. The molecule has 5 heteroatoms. The van der Waals surface area contributed by atoms with Crippen molar-refractivity contribution in [1.29, 1.82) is 0 Å². The molecular weight excluding hydrogens is 322 g/mol. The lowest BCUT2D eigenvalue weighted by molar-refractivity contribution is 0.0609. The highest BCUT2D eigenvalue weighted by Gasteiger charge is 2.27. The highest BCUT2D eigenvalue weighted by Crippen LogP contribution is 2.27. The molecule has 2 rings (SSSR count). The zero-order chi connectivity index (χ0) is 17.6. The van der Waals surface area contributed by atoms with Gasteiger partial charge in [-0.25, -0.2) is 8.42 Å². The van der Waals surface area contributed by atoms with E-state index in [0.717, 1.165) is 24.8 Å². The molecule has 1 aliphatic rings. The number of benzene rings is 1. The predicted molar refractivity (Wildman–Crippen MR) is 95.9 cm³/mol. The molecule has 130 valence electrons. The van der Waals surface area contributed by atoms with Crippen LogP contribution < -0.4 is 0 Å². The summed E-state index contributed by atoms with van der Waals surface area (Å²) in [5.41, 5.74) is 0.0367. The molecule has 0 radical (unpaired) electrons. The quantitative estimate of drug-likeness (QED) is 0.658.